The Balaban J connectivity index is 2.45. The van der Waals surface area contributed by atoms with Gasteiger partial charge in [-0.25, -0.2) is 4.79 Å². The van der Waals surface area contributed by atoms with Crippen LogP contribution in [-0.2, 0) is 54.4 Å². The van der Waals surface area contributed by atoms with Gasteiger partial charge in [-0.1, -0.05) is 32.0 Å². The number of H-pyrrole nitrogens is 1. The van der Waals surface area contributed by atoms with Gasteiger partial charge < -0.3 is 68.2 Å². The molecule has 0 aliphatic rings. The van der Waals surface area contributed by atoms with E-state index in [0.29, 0.717) is 16.5 Å². The number of carboxylic acids is 4. The Kier molecular flexibility index (Phi) is 21.3. The lowest BCUT2D eigenvalue weighted by Gasteiger charge is -2.27. The summed E-state index contributed by atoms with van der Waals surface area (Å²) in [5, 5.41) is 61.9. The molecule has 24 heteroatoms. The van der Waals surface area contributed by atoms with Gasteiger partial charge in [-0.2, -0.15) is 11.8 Å². The van der Waals surface area contributed by atoms with Gasteiger partial charge in [-0.15, -0.1) is 0 Å². The molecule has 23 nitrogen and oxygen atoms in total. The van der Waals surface area contributed by atoms with Gasteiger partial charge in [-0.05, 0) is 48.8 Å². The average Bonchev–Trinajstić information content (AvgIpc) is 3.61. The van der Waals surface area contributed by atoms with Gasteiger partial charge in [0, 0.05) is 36.4 Å². The maximum absolute atomic E-state index is 14.1. The van der Waals surface area contributed by atoms with E-state index < -0.39 is 146 Å². The summed E-state index contributed by atoms with van der Waals surface area (Å²) < 4.78 is 0. The number of thioether (sulfide) groups is 1. The van der Waals surface area contributed by atoms with Crippen LogP contribution in [0.2, 0.25) is 0 Å². The van der Waals surface area contributed by atoms with E-state index in [1.165, 1.54) is 25.6 Å². The quantitative estimate of drug-likeness (QED) is 0.0425. The van der Waals surface area contributed by atoms with E-state index in [1.807, 2.05) is 0 Å². The number of aliphatic carboxylic acids is 4. The first-order valence-electron chi connectivity index (χ1n) is 19.3. The standard InChI is InChI=1S/C38H54N8O15S/c1-18(2)31(38(60)61)46-35(57)24(9-11-29(50)51)42-33(55)23(8-10-28(48)49)41-34(56)25(12-13-62-3)43-36(58)26(14-19-16-40-22-7-5-4-6-20(19)22)44-37(59)27(17-47)45-32(54)21(39)15-30(52)53/h4-7,16,18,21,23-27,31,40,47H,8-15,17,39H2,1-3H3,(H,41,56)(H,42,55)(H,43,58)(H,44,59)(H,45,54)(H,46,57)(H,48,49)(H,50,51)(H,52,53)(H,60,61)/t21-,23-,24-,25-,26-,27-,31-/m0/s1. The van der Waals surface area contributed by atoms with Crippen molar-refractivity contribution in [1.82, 2.24) is 36.9 Å². The van der Waals surface area contributed by atoms with E-state index in [-0.39, 0.29) is 18.6 Å². The molecule has 7 atom stereocenters. The summed E-state index contributed by atoms with van der Waals surface area (Å²) in [6.45, 7) is 2.01. The molecule has 2 aromatic rings. The van der Waals surface area contributed by atoms with E-state index in [1.54, 1.807) is 36.7 Å². The molecule has 1 aromatic heterocycles. The van der Waals surface area contributed by atoms with Crippen molar-refractivity contribution in [2.75, 3.05) is 18.6 Å². The van der Waals surface area contributed by atoms with Crippen molar-refractivity contribution in [1.29, 1.82) is 0 Å². The Bertz CT molecular complexity index is 1940. The number of aliphatic hydroxyl groups is 1. The van der Waals surface area contributed by atoms with E-state index in [9.17, 15) is 68.4 Å². The number of aromatic amines is 1. The molecule has 6 amide bonds. The van der Waals surface area contributed by atoms with Crippen LogP contribution in [0.5, 0.6) is 0 Å². The molecule has 14 N–H and O–H groups in total. The number of aliphatic hydroxyl groups excluding tert-OH is 1. The number of fused-ring (bicyclic) bond motifs is 1. The van der Waals surface area contributed by atoms with Crippen LogP contribution < -0.4 is 37.6 Å². The summed E-state index contributed by atoms with van der Waals surface area (Å²) in [5.74, 6) is -12.2. The first-order valence-corrected chi connectivity index (χ1v) is 20.7. The van der Waals surface area contributed by atoms with Crippen LogP contribution in [0.15, 0.2) is 30.5 Å². The smallest absolute Gasteiger partial charge is 0.326 e. The number of amides is 6. The summed E-state index contributed by atoms with van der Waals surface area (Å²) >= 11 is 1.27. The van der Waals surface area contributed by atoms with Crippen molar-refractivity contribution in [3.63, 3.8) is 0 Å². The molecule has 0 bridgehead atoms. The number of carbonyl (C=O) groups is 10. The molecule has 342 valence electrons. The highest BCUT2D eigenvalue weighted by Gasteiger charge is 2.35. The second kappa shape index (κ2) is 25.5. The summed E-state index contributed by atoms with van der Waals surface area (Å²) in [6, 6.07) is -4.02. The highest BCUT2D eigenvalue weighted by Crippen LogP contribution is 2.20. The predicted octanol–water partition coefficient (Wildman–Crippen LogP) is -2.36. The van der Waals surface area contributed by atoms with Crippen LogP contribution in [0.3, 0.4) is 0 Å². The van der Waals surface area contributed by atoms with Crippen LogP contribution in [0.4, 0.5) is 0 Å². The van der Waals surface area contributed by atoms with Crippen molar-refractivity contribution in [3.05, 3.63) is 36.0 Å². The van der Waals surface area contributed by atoms with Crippen molar-refractivity contribution >= 4 is 82.0 Å². The fourth-order valence-electron chi connectivity index (χ4n) is 5.92. The Morgan fingerprint density at radius 2 is 1.11 bits per heavy atom. The third-order valence-corrected chi connectivity index (χ3v) is 9.96. The molecule has 0 spiro atoms. The number of hydrogen-bond acceptors (Lipinski definition) is 13. The molecule has 0 saturated heterocycles. The van der Waals surface area contributed by atoms with Gasteiger partial charge in [-0.3, -0.25) is 43.2 Å². The molecule has 0 aliphatic heterocycles. The number of benzene rings is 1. The molecule has 0 unspecified atom stereocenters. The van der Waals surface area contributed by atoms with Crippen LogP contribution >= 0.6 is 11.8 Å². The lowest BCUT2D eigenvalue weighted by molar-refractivity contribution is -0.144. The third kappa shape index (κ3) is 17.0. The molecular weight excluding hydrogens is 841 g/mol. The van der Waals surface area contributed by atoms with E-state index in [0.717, 1.165) is 0 Å². The Morgan fingerprint density at radius 1 is 0.645 bits per heavy atom. The van der Waals surface area contributed by atoms with Crippen LogP contribution in [-0.4, -0.2) is 151 Å². The fraction of sp³-hybridized carbons (Fsp3) is 0.526. The van der Waals surface area contributed by atoms with Crippen molar-refractivity contribution < 1.29 is 73.5 Å². The van der Waals surface area contributed by atoms with Crippen LogP contribution in [0.1, 0.15) is 57.9 Å². The van der Waals surface area contributed by atoms with Gasteiger partial charge in [0.2, 0.25) is 35.4 Å². The van der Waals surface area contributed by atoms with Gasteiger partial charge in [0.15, 0.2) is 0 Å². The molecule has 2 rings (SSSR count). The summed E-state index contributed by atoms with van der Waals surface area (Å²) in [6.07, 6.45) is -0.192. The Morgan fingerprint density at radius 3 is 1.60 bits per heavy atom. The van der Waals surface area contributed by atoms with E-state index >= 15 is 0 Å². The number of nitrogens with two attached hydrogens (primary N) is 1. The third-order valence-electron chi connectivity index (χ3n) is 9.31. The van der Waals surface area contributed by atoms with Gasteiger partial charge in [0.25, 0.3) is 0 Å². The average molecular weight is 895 g/mol. The number of rotatable bonds is 28. The molecule has 0 radical (unpaired) electrons. The molecule has 1 aromatic carbocycles. The highest BCUT2D eigenvalue weighted by molar-refractivity contribution is 7.98. The van der Waals surface area contributed by atoms with Gasteiger partial charge in [0.05, 0.1) is 19.1 Å². The summed E-state index contributed by atoms with van der Waals surface area (Å²) in [5.41, 5.74) is 6.79. The maximum atomic E-state index is 14.1. The van der Waals surface area contributed by atoms with Crippen molar-refractivity contribution in [2.45, 2.75) is 101 Å². The second-order valence-electron chi connectivity index (χ2n) is 14.5. The second-order valence-corrected chi connectivity index (χ2v) is 15.5. The lowest BCUT2D eigenvalue weighted by Crippen LogP contribution is -2.60. The number of nitrogens with one attached hydrogen (secondary N) is 7. The fourth-order valence-corrected chi connectivity index (χ4v) is 6.39. The first kappa shape index (κ1) is 51.9. The number of para-hydroxylation sites is 1. The zero-order valence-electron chi connectivity index (χ0n) is 34.2. The molecule has 0 aliphatic carbocycles. The Labute approximate surface area is 359 Å². The minimum absolute atomic E-state index is 0.0774. The number of carbonyl (C=O) groups excluding carboxylic acids is 6. The zero-order chi connectivity index (χ0) is 46.7. The molecule has 1 heterocycles. The Hall–Kier alpha value is -6.27. The van der Waals surface area contributed by atoms with Gasteiger partial charge in [0.1, 0.15) is 36.3 Å². The normalized spacial score (nSPS) is 14.5. The van der Waals surface area contributed by atoms with E-state index in [2.05, 4.69) is 36.9 Å². The molecule has 62 heavy (non-hydrogen) atoms. The number of aromatic nitrogens is 1. The predicted molar refractivity (Wildman–Crippen MR) is 220 cm³/mol. The van der Waals surface area contributed by atoms with Crippen molar-refractivity contribution in [2.24, 2.45) is 11.7 Å². The minimum atomic E-state index is -1.70. The largest absolute Gasteiger partial charge is 0.481 e. The van der Waals surface area contributed by atoms with Crippen LogP contribution in [0.25, 0.3) is 10.9 Å². The summed E-state index contributed by atoms with van der Waals surface area (Å²) in [4.78, 5) is 130. The lowest BCUT2D eigenvalue weighted by atomic mass is 10.0. The number of hydrogen-bond donors (Lipinski definition) is 13. The SMILES string of the molecule is CSCC[C@H](NC(=O)[C@H](Cc1c[nH]c2ccccc12)NC(=O)[C@H](CO)NC(=O)[C@@H](N)CC(=O)O)C(=O)N[C@@H](CCC(=O)O)C(=O)N[C@@H](CCC(=O)O)C(=O)N[C@H](C(=O)O)C(C)C. The van der Waals surface area contributed by atoms with Crippen molar-refractivity contribution in [3.8, 4) is 0 Å². The minimum Gasteiger partial charge on any atom is -0.481 e. The van der Waals surface area contributed by atoms with E-state index in [4.69, 9.17) is 10.8 Å². The monoisotopic (exact) mass is 894 g/mol. The van der Waals surface area contributed by atoms with Crippen LogP contribution in [0, 0.1) is 5.92 Å². The highest BCUT2D eigenvalue weighted by atomic mass is 32.2. The first-order chi connectivity index (χ1) is 29.2. The summed E-state index contributed by atoms with van der Waals surface area (Å²) in [7, 11) is 0. The maximum Gasteiger partial charge on any atom is 0.326 e. The topological polar surface area (TPSA) is 386 Å². The molecule has 0 fully saturated rings. The molecular formula is C38H54N8O15S. The number of carboxylic acid groups (broad SMARTS) is 4. The molecule has 0 saturated carbocycles. The van der Waals surface area contributed by atoms with Gasteiger partial charge >= 0.3 is 23.9 Å². The zero-order valence-corrected chi connectivity index (χ0v) is 35.0.